The maximum Gasteiger partial charge on any atom is 0.335 e. The molecule has 1 heterocycles. The zero-order valence-electron chi connectivity index (χ0n) is 9.43. The Morgan fingerprint density at radius 2 is 2.11 bits per heavy atom. The number of aromatic nitrogens is 1. The summed E-state index contributed by atoms with van der Waals surface area (Å²) in [6.45, 7) is 0.421. The van der Waals surface area contributed by atoms with E-state index >= 15 is 0 Å². The Morgan fingerprint density at radius 1 is 1.33 bits per heavy atom. The number of carboxylic acids is 1. The predicted octanol–water partition coefficient (Wildman–Crippen LogP) is 3.05. The number of halogens is 1. The molecule has 0 radical (unpaired) electrons. The molecule has 0 spiro atoms. The number of carboxylic acid groups (broad SMARTS) is 1. The second-order valence-corrected chi connectivity index (χ2v) is 4.08. The summed E-state index contributed by atoms with van der Waals surface area (Å²) in [5, 5.41) is 12.6. The molecule has 0 aliphatic carbocycles. The van der Waals surface area contributed by atoms with Crippen LogP contribution in [0.3, 0.4) is 0 Å². The van der Waals surface area contributed by atoms with Gasteiger partial charge in [0.05, 0.1) is 28.5 Å². The Bertz CT molecular complexity index is 572. The largest absolute Gasteiger partial charge is 0.478 e. The second-order valence-electron chi connectivity index (χ2n) is 3.67. The molecule has 92 valence electrons. The lowest BCUT2D eigenvalue weighted by atomic mass is 10.2. The van der Waals surface area contributed by atoms with Crippen molar-refractivity contribution < 1.29 is 9.90 Å². The molecule has 0 amide bonds. The van der Waals surface area contributed by atoms with Crippen LogP contribution in [0.1, 0.15) is 16.1 Å². The van der Waals surface area contributed by atoms with Crippen LogP contribution < -0.4 is 5.32 Å². The number of anilines is 1. The van der Waals surface area contributed by atoms with E-state index in [4.69, 9.17) is 16.7 Å². The van der Waals surface area contributed by atoms with Gasteiger partial charge in [0.15, 0.2) is 0 Å². The van der Waals surface area contributed by atoms with E-state index in [9.17, 15) is 4.79 Å². The third kappa shape index (κ3) is 2.99. The molecular formula is C13H11ClN2O2. The molecule has 2 rings (SSSR count). The third-order valence-electron chi connectivity index (χ3n) is 2.40. The summed E-state index contributed by atoms with van der Waals surface area (Å²) in [6.07, 6.45) is 1.48. The summed E-state index contributed by atoms with van der Waals surface area (Å²) in [5.74, 6) is -0.962. The molecule has 1 aromatic heterocycles. The first kappa shape index (κ1) is 12.4. The highest BCUT2D eigenvalue weighted by molar-refractivity contribution is 6.33. The maximum absolute atomic E-state index is 10.8. The topological polar surface area (TPSA) is 62.2 Å². The van der Waals surface area contributed by atoms with Crippen molar-refractivity contribution in [2.75, 3.05) is 5.32 Å². The Hall–Kier alpha value is -2.07. The van der Waals surface area contributed by atoms with Gasteiger partial charge < -0.3 is 10.4 Å². The number of pyridine rings is 1. The van der Waals surface area contributed by atoms with Gasteiger partial charge in [-0.15, -0.1) is 0 Å². The SMILES string of the molecule is O=C(O)c1ccnc(CNc2ccccc2Cl)c1. The van der Waals surface area contributed by atoms with Crippen LogP contribution in [0.25, 0.3) is 0 Å². The lowest BCUT2D eigenvalue weighted by molar-refractivity contribution is 0.0696. The van der Waals surface area contributed by atoms with Gasteiger partial charge in [-0.25, -0.2) is 4.79 Å². The van der Waals surface area contributed by atoms with Gasteiger partial charge in [0.25, 0.3) is 0 Å². The average Bonchev–Trinajstić information content (AvgIpc) is 2.38. The summed E-state index contributed by atoms with van der Waals surface area (Å²) in [7, 11) is 0. The molecule has 0 aliphatic heterocycles. The van der Waals surface area contributed by atoms with Crippen molar-refractivity contribution in [3.63, 3.8) is 0 Å². The molecule has 5 heteroatoms. The third-order valence-corrected chi connectivity index (χ3v) is 2.73. The first-order chi connectivity index (χ1) is 8.66. The predicted molar refractivity (Wildman–Crippen MR) is 70.0 cm³/mol. The van der Waals surface area contributed by atoms with E-state index in [1.807, 2.05) is 18.2 Å². The molecule has 0 bridgehead atoms. The molecule has 0 unspecified atom stereocenters. The van der Waals surface area contributed by atoms with Crippen LogP contribution in [0.4, 0.5) is 5.69 Å². The summed E-state index contributed by atoms with van der Waals surface area (Å²) >= 11 is 6.00. The fourth-order valence-corrected chi connectivity index (χ4v) is 1.70. The molecule has 0 aliphatic rings. The van der Waals surface area contributed by atoms with Crippen molar-refractivity contribution in [1.29, 1.82) is 0 Å². The molecule has 18 heavy (non-hydrogen) atoms. The fourth-order valence-electron chi connectivity index (χ4n) is 1.50. The van der Waals surface area contributed by atoms with E-state index in [0.717, 1.165) is 5.69 Å². The van der Waals surface area contributed by atoms with E-state index in [0.29, 0.717) is 17.3 Å². The summed E-state index contributed by atoms with van der Waals surface area (Å²) in [6, 6.07) is 10.3. The molecule has 0 saturated carbocycles. The number of hydrogen-bond donors (Lipinski definition) is 2. The number of carbonyl (C=O) groups is 1. The van der Waals surface area contributed by atoms with Crippen LogP contribution in [0, 0.1) is 0 Å². The van der Waals surface area contributed by atoms with Crippen molar-refractivity contribution in [2.45, 2.75) is 6.54 Å². The minimum Gasteiger partial charge on any atom is -0.478 e. The minimum absolute atomic E-state index is 0.223. The quantitative estimate of drug-likeness (QED) is 0.889. The number of benzene rings is 1. The number of aromatic carboxylic acids is 1. The van der Waals surface area contributed by atoms with E-state index in [2.05, 4.69) is 10.3 Å². The molecule has 0 atom stereocenters. The number of rotatable bonds is 4. The van der Waals surface area contributed by atoms with E-state index in [1.165, 1.54) is 18.3 Å². The first-order valence-corrected chi connectivity index (χ1v) is 5.71. The highest BCUT2D eigenvalue weighted by Gasteiger charge is 2.04. The highest BCUT2D eigenvalue weighted by atomic mass is 35.5. The van der Waals surface area contributed by atoms with E-state index in [1.54, 1.807) is 6.07 Å². The molecule has 0 fully saturated rings. The fraction of sp³-hybridized carbons (Fsp3) is 0.0769. The zero-order chi connectivity index (χ0) is 13.0. The van der Waals surface area contributed by atoms with Gasteiger partial charge in [0.2, 0.25) is 0 Å². The molecule has 0 saturated heterocycles. The second kappa shape index (κ2) is 5.51. The van der Waals surface area contributed by atoms with Gasteiger partial charge in [-0.2, -0.15) is 0 Å². The van der Waals surface area contributed by atoms with Gasteiger partial charge in [-0.05, 0) is 24.3 Å². The van der Waals surface area contributed by atoms with E-state index in [-0.39, 0.29) is 5.56 Å². The Balaban J connectivity index is 2.09. The van der Waals surface area contributed by atoms with Crippen LogP contribution in [-0.2, 0) is 6.54 Å². The van der Waals surface area contributed by atoms with Crippen LogP contribution >= 0.6 is 11.6 Å². The van der Waals surface area contributed by atoms with E-state index < -0.39 is 5.97 Å². The van der Waals surface area contributed by atoms with Gasteiger partial charge in [-0.3, -0.25) is 4.98 Å². The first-order valence-electron chi connectivity index (χ1n) is 5.33. The van der Waals surface area contributed by atoms with Gasteiger partial charge in [-0.1, -0.05) is 23.7 Å². The summed E-state index contributed by atoms with van der Waals surface area (Å²) in [5.41, 5.74) is 1.66. The molecule has 4 nitrogen and oxygen atoms in total. The normalized spacial score (nSPS) is 10.1. The van der Waals surface area contributed by atoms with Crippen LogP contribution in [0.2, 0.25) is 5.02 Å². The van der Waals surface area contributed by atoms with Crippen LogP contribution in [-0.4, -0.2) is 16.1 Å². The summed E-state index contributed by atoms with van der Waals surface area (Å²) in [4.78, 5) is 14.9. The Morgan fingerprint density at radius 3 is 2.83 bits per heavy atom. The Kier molecular flexibility index (Phi) is 3.79. The maximum atomic E-state index is 10.8. The Labute approximate surface area is 109 Å². The van der Waals surface area contributed by atoms with Crippen molar-refractivity contribution in [1.82, 2.24) is 4.98 Å². The number of hydrogen-bond acceptors (Lipinski definition) is 3. The zero-order valence-corrected chi connectivity index (χ0v) is 10.2. The van der Waals surface area contributed by atoms with Crippen molar-refractivity contribution in [3.05, 3.63) is 58.9 Å². The number of nitrogens with one attached hydrogen (secondary N) is 1. The monoisotopic (exact) mass is 262 g/mol. The van der Waals surface area contributed by atoms with Crippen LogP contribution in [0.5, 0.6) is 0 Å². The van der Waals surface area contributed by atoms with Crippen molar-refractivity contribution in [3.8, 4) is 0 Å². The lowest BCUT2D eigenvalue weighted by Crippen LogP contribution is -2.04. The van der Waals surface area contributed by atoms with Gasteiger partial charge in [0, 0.05) is 6.20 Å². The van der Waals surface area contributed by atoms with Gasteiger partial charge in [0.1, 0.15) is 0 Å². The molecule has 2 aromatic rings. The number of nitrogens with zero attached hydrogens (tertiary/aromatic N) is 1. The van der Waals surface area contributed by atoms with Crippen molar-refractivity contribution in [2.24, 2.45) is 0 Å². The summed E-state index contributed by atoms with van der Waals surface area (Å²) < 4.78 is 0. The average molecular weight is 263 g/mol. The highest BCUT2D eigenvalue weighted by Crippen LogP contribution is 2.20. The smallest absolute Gasteiger partial charge is 0.335 e. The van der Waals surface area contributed by atoms with Gasteiger partial charge >= 0.3 is 5.97 Å². The minimum atomic E-state index is -0.962. The van der Waals surface area contributed by atoms with Crippen molar-refractivity contribution >= 4 is 23.3 Å². The molecule has 1 aromatic carbocycles. The standard InChI is InChI=1S/C13H11ClN2O2/c14-11-3-1-2-4-12(11)16-8-10-7-9(13(17)18)5-6-15-10/h1-7,16H,8H2,(H,17,18). The number of para-hydroxylation sites is 1. The molecular weight excluding hydrogens is 252 g/mol. The van der Waals surface area contributed by atoms with Crippen LogP contribution in [0.15, 0.2) is 42.6 Å². The lowest BCUT2D eigenvalue weighted by Gasteiger charge is -2.07. The molecule has 2 N–H and O–H groups in total.